The summed E-state index contributed by atoms with van der Waals surface area (Å²) in [5, 5.41) is 12.4. The molecule has 0 unspecified atom stereocenters. The molecule has 1 saturated carbocycles. The summed E-state index contributed by atoms with van der Waals surface area (Å²) in [5.41, 5.74) is -0.807. The minimum atomic E-state index is -0.807. The van der Waals surface area contributed by atoms with Crippen LogP contribution in [0.4, 0.5) is 0 Å². The van der Waals surface area contributed by atoms with Crippen molar-refractivity contribution in [3.05, 3.63) is 18.2 Å². The summed E-state index contributed by atoms with van der Waals surface area (Å²) >= 11 is 0. The van der Waals surface area contributed by atoms with Crippen molar-refractivity contribution in [1.82, 2.24) is 14.9 Å². The maximum absolute atomic E-state index is 12.4. The van der Waals surface area contributed by atoms with Crippen molar-refractivity contribution in [2.45, 2.75) is 44.9 Å². The molecule has 1 N–H and O–H groups in total. The van der Waals surface area contributed by atoms with E-state index in [4.69, 9.17) is 0 Å². The van der Waals surface area contributed by atoms with Crippen LogP contribution in [0.1, 0.15) is 44.3 Å². The summed E-state index contributed by atoms with van der Waals surface area (Å²) in [4.78, 5) is 16.6. The van der Waals surface area contributed by atoms with Gasteiger partial charge >= 0.3 is 0 Å². The van der Waals surface area contributed by atoms with Crippen LogP contribution in [0, 0.1) is 16.7 Å². The van der Waals surface area contributed by atoms with Gasteiger partial charge in [-0.25, -0.2) is 4.98 Å². The molecule has 5 nitrogen and oxygen atoms in total. The van der Waals surface area contributed by atoms with Gasteiger partial charge in [0.15, 0.2) is 0 Å². The number of aromatic nitrogens is 2. The van der Waals surface area contributed by atoms with Crippen LogP contribution in [0.3, 0.4) is 0 Å². The van der Waals surface area contributed by atoms with E-state index in [1.165, 1.54) is 0 Å². The van der Waals surface area contributed by atoms with E-state index in [-0.39, 0.29) is 5.91 Å². The van der Waals surface area contributed by atoms with Crippen molar-refractivity contribution in [3.8, 4) is 6.07 Å². The summed E-state index contributed by atoms with van der Waals surface area (Å²) in [5.74, 6) is 0.841. The first-order valence-electron chi connectivity index (χ1n) is 7.34. The number of nitrogens with one attached hydrogen (secondary N) is 1. The van der Waals surface area contributed by atoms with E-state index in [0.29, 0.717) is 25.8 Å². The monoisotopic (exact) mass is 274 g/mol. The van der Waals surface area contributed by atoms with Gasteiger partial charge < -0.3 is 9.88 Å². The molecular weight excluding hydrogens is 252 g/mol. The third-order valence-electron chi connectivity index (χ3n) is 4.16. The molecule has 0 saturated heterocycles. The molecule has 1 aromatic rings. The summed E-state index contributed by atoms with van der Waals surface area (Å²) in [6.45, 7) is 0.535. The highest BCUT2D eigenvalue weighted by Gasteiger charge is 2.38. The molecule has 2 rings (SSSR count). The van der Waals surface area contributed by atoms with E-state index >= 15 is 0 Å². The number of rotatable bonds is 4. The van der Waals surface area contributed by atoms with Crippen molar-refractivity contribution in [2.75, 3.05) is 6.54 Å². The van der Waals surface area contributed by atoms with Gasteiger partial charge in [-0.05, 0) is 12.8 Å². The largest absolute Gasteiger partial charge is 0.354 e. The standard InChI is InChI=1S/C15H22N4O/c1-19-11-10-17-13(19)6-9-18-14(20)15(12-16)7-4-2-3-5-8-15/h10-11H,2-9H2,1H3,(H,18,20). The van der Waals surface area contributed by atoms with Gasteiger partial charge in [0.25, 0.3) is 0 Å². The fourth-order valence-corrected chi connectivity index (χ4v) is 2.82. The zero-order chi connectivity index (χ0) is 14.4. The second-order valence-corrected chi connectivity index (χ2v) is 5.57. The molecule has 1 fully saturated rings. The minimum absolute atomic E-state index is 0.101. The lowest BCUT2D eigenvalue weighted by Gasteiger charge is -2.23. The van der Waals surface area contributed by atoms with Crippen LogP contribution >= 0.6 is 0 Å². The third kappa shape index (κ3) is 3.19. The zero-order valence-corrected chi connectivity index (χ0v) is 12.1. The Morgan fingerprint density at radius 1 is 1.45 bits per heavy atom. The molecule has 0 spiro atoms. The Labute approximate surface area is 120 Å². The lowest BCUT2D eigenvalue weighted by molar-refractivity contribution is -0.128. The number of amides is 1. The van der Waals surface area contributed by atoms with E-state index in [0.717, 1.165) is 31.5 Å². The Balaban J connectivity index is 1.89. The number of aryl methyl sites for hydroxylation is 1. The molecule has 0 aliphatic heterocycles. The number of carbonyl (C=O) groups excluding carboxylic acids is 1. The highest BCUT2D eigenvalue weighted by molar-refractivity contribution is 5.85. The first-order valence-corrected chi connectivity index (χ1v) is 7.34. The Morgan fingerprint density at radius 3 is 2.70 bits per heavy atom. The summed E-state index contributed by atoms with van der Waals surface area (Å²) in [6.07, 6.45) is 9.92. The highest BCUT2D eigenvalue weighted by Crippen LogP contribution is 2.34. The predicted octanol–water partition coefficient (Wildman–Crippen LogP) is 1.94. The molecule has 1 aliphatic carbocycles. The van der Waals surface area contributed by atoms with Crippen molar-refractivity contribution < 1.29 is 4.79 Å². The Morgan fingerprint density at radius 2 is 2.15 bits per heavy atom. The van der Waals surface area contributed by atoms with Gasteiger partial charge in [0.1, 0.15) is 11.2 Å². The van der Waals surface area contributed by atoms with E-state index in [1.54, 1.807) is 6.20 Å². The Bertz CT molecular complexity index is 492. The maximum atomic E-state index is 12.4. The minimum Gasteiger partial charge on any atom is -0.354 e. The molecule has 1 heterocycles. The topological polar surface area (TPSA) is 70.7 Å². The lowest BCUT2D eigenvalue weighted by atomic mass is 9.81. The van der Waals surface area contributed by atoms with Crippen LogP contribution in [0.25, 0.3) is 0 Å². The zero-order valence-electron chi connectivity index (χ0n) is 12.1. The lowest BCUT2D eigenvalue weighted by Crippen LogP contribution is -2.40. The van der Waals surface area contributed by atoms with Crippen LogP contribution in [0.2, 0.25) is 0 Å². The van der Waals surface area contributed by atoms with Crippen LogP contribution in [-0.4, -0.2) is 22.0 Å². The van der Waals surface area contributed by atoms with Gasteiger partial charge in [0, 0.05) is 32.4 Å². The fraction of sp³-hybridized carbons (Fsp3) is 0.667. The van der Waals surface area contributed by atoms with Crippen molar-refractivity contribution in [2.24, 2.45) is 12.5 Å². The second-order valence-electron chi connectivity index (χ2n) is 5.57. The van der Waals surface area contributed by atoms with Gasteiger partial charge in [-0.2, -0.15) is 5.26 Å². The van der Waals surface area contributed by atoms with Crippen molar-refractivity contribution in [3.63, 3.8) is 0 Å². The molecule has 108 valence electrons. The van der Waals surface area contributed by atoms with Crippen molar-refractivity contribution in [1.29, 1.82) is 5.26 Å². The Hall–Kier alpha value is -1.83. The number of nitriles is 1. The van der Waals surface area contributed by atoms with E-state index < -0.39 is 5.41 Å². The van der Waals surface area contributed by atoms with Crippen LogP contribution in [-0.2, 0) is 18.3 Å². The second kappa shape index (κ2) is 6.56. The molecule has 1 aromatic heterocycles. The third-order valence-corrected chi connectivity index (χ3v) is 4.16. The first-order chi connectivity index (χ1) is 9.68. The molecule has 0 aromatic carbocycles. The van der Waals surface area contributed by atoms with Crippen molar-refractivity contribution >= 4 is 5.91 Å². The summed E-state index contributed by atoms with van der Waals surface area (Å²) in [6, 6.07) is 2.28. The van der Waals surface area contributed by atoms with Gasteiger partial charge in [-0.15, -0.1) is 0 Å². The number of nitrogens with zero attached hydrogens (tertiary/aromatic N) is 3. The summed E-state index contributed by atoms with van der Waals surface area (Å²) < 4.78 is 1.94. The predicted molar refractivity (Wildman–Crippen MR) is 75.7 cm³/mol. The molecule has 1 aliphatic rings. The number of carbonyl (C=O) groups is 1. The van der Waals surface area contributed by atoms with E-state index in [9.17, 15) is 10.1 Å². The van der Waals surface area contributed by atoms with Gasteiger partial charge in [0.05, 0.1) is 6.07 Å². The smallest absolute Gasteiger partial charge is 0.240 e. The first kappa shape index (κ1) is 14.6. The van der Waals surface area contributed by atoms with E-state index in [1.807, 2.05) is 17.8 Å². The van der Waals surface area contributed by atoms with Crippen LogP contribution in [0.15, 0.2) is 12.4 Å². The molecular formula is C15H22N4O. The Kier molecular flexibility index (Phi) is 4.78. The highest BCUT2D eigenvalue weighted by atomic mass is 16.2. The quantitative estimate of drug-likeness (QED) is 0.853. The number of hydrogen-bond donors (Lipinski definition) is 1. The molecule has 1 amide bonds. The number of imidazole rings is 1. The average Bonchev–Trinajstić information content (AvgIpc) is 2.73. The van der Waals surface area contributed by atoms with Gasteiger partial charge in [-0.3, -0.25) is 4.79 Å². The average molecular weight is 274 g/mol. The molecule has 0 radical (unpaired) electrons. The molecule has 0 bridgehead atoms. The maximum Gasteiger partial charge on any atom is 0.240 e. The molecule has 0 atom stereocenters. The fourth-order valence-electron chi connectivity index (χ4n) is 2.82. The normalized spacial score (nSPS) is 18.0. The molecule has 20 heavy (non-hydrogen) atoms. The number of hydrogen-bond acceptors (Lipinski definition) is 3. The van der Waals surface area contributed by atoms with Crippen LogP contribution < -0.4 is 5.32 Å². The van der Waals surface area contributed by atoms with Gasteiger partial charge in [0.2, 0.25) is 5.91 Å². The summed E-state index contributed by atoms with van der Waals surface area (Å²) in [7, 11) is 1.94. The van der Waals surface area contributed by atoms with Crippen LogP contribution in [0.5, 0.6) is 0 Å². The SMILES string of the molecule is Cn1ccnc1CCNC(=O)C1(C#N)CCCCCC1. The molecule has 5 heteroatoms. The van der Waals surface area contributed by atoms with Gasteiger partial charge in [-0.1, -0.05) is 25.7 Å². The van der Waals surface area contributed by atoms with E-state index in [2.05, 4.69) is 16.4 Å².